The van der Waals surface area contributed by atoms with E-state index < -0.39 is 12.0 Å². The number of carbonyl (C=O) groups is 1. The molecular weight excluding hydrogens is 268 g/mol. The number of halogens is 1. The Kier molecular flexibility index (Phi) is 4.80. The third-order valence-corrected chi connectivity index (χ3v) is 3.00. The lowest BCUT2D eigenvalue weighted by atomic mass is 10.1. The van der Waals surface area contributed by atoms with Crippen LogP contribution in [0.15, 0.2) is 24.4 Å². The Balaban J connectivity index is 0.00000180. The second-order valence-electron chi connectivity index (χ2n) is 4.30. The lowest BCUT2D eigenvalue weighted by molar-refractivity contribution is -0.142. The molecule has 0 bridgehead atoms. The summed E-state index contributed by atoms with van der Waals surface area (Å²) in [5.41, 5.74) is 7.66. The summed E-state index contributed by atoms with van der Waals surface area (Å²) in [5, 5.41) is 10.4. The molecule has 0 spiro atoms. The van der Waals surface area contributed by atoms with Crippen molar-refractivity contribution in [3.8, 4) is 5.75 Å². The van der Waals surface area contributed by atoms with Crippen LogP contribution in [0.1, 0.15) is 5.56 Å². The molecule has 0 aliphatic heterocycles. The summed E-state index contributed by atoms with van der Waals surface area (Å²) in [5.74, 6) is -0.242. The van der Waals surface area contributed by atoms with E-state index in [0.29, 0.717) is 6.42 Å². The van der Waals surface area contributed by atoms with Gasteiger partial charge in [-0.15, -0.1) is 12.4 Å². The summed E-state index contributed by atoms with van der Waals surface area (Å²) in [6.07, 6.45) is 2.29. The largest absolute Gasteiger partial charge is 0.508 e. The lowest BCUT2D eigenvalue weighted by Gasteiger charge is -2.08. The van der Waals surface area contributed by atoms with Crippen molar-refractivity contribution >= 4 is 29.3 Å². The van der Waals surface area contributed by atoms with Crippen molar-refractivity contribution in [1.29, 1.82) is 0 Å². The van der Waals surface area contributed by atoms with Gasteiger partial charge in [-0.25, -0.2) is 0 Å². The van der Waals surface area contributed by atoms with Crippen molar-refractivity contribution in [2.75, 3.05) is 7.11 Å². The topological polar surface area (TPSA) is 77.5 Å². The maximum absolute atomic E-state index is 11.3. The van der Waals surface area contributed by atoms with Gasteiger partial charge in [0, 0.05) is 30.6 Å². The van der Waals surface area contributed by atoms with Crippen LogP contribution >= 0.6 is 12.4 Å². The molecule has 104 valence electrons. The summed E-state index contributed by atoms with van der Waals surface area (Å²) in [4.78, 5) is 11.3. The number of phenols is 1. The predicted octanol–water partition coefficient (Wildman–Crippen LogP) is 1.35. The molecule has 0 saturated carbocycles. The van der Waals surface area contributed by atoms with Crippen LogP contribution in [0.2, 0.25) is 0 Å². The quantitative estimate of drug-likeness (QED) is 0.834. The van der Waals surface area contributed by atoms with Crippen LogP contribution in [0.5, 0.6) is 5.75 Å². The standard InChI is InChI=1S/C13H16N2O3.ClH/c1-15-7-8(5-11(14)13(17)18-2)10-6-9(16)3-4-12(10)15;/h3-4,6-7,11,16H,5,14H2,1-2H3;1H. The zero-order chi connectivity index (χ0) is 13.3. The van der Waals surface area contributed by atoms with Crippen LogP contribution in [0, 0.1) is 0 Å². The van der Waals surface area contributed by atoms with Crippen LogP contribution < -0.4 is 5.73 Å². The highest BCUT2D eigenvalue weighted by molar-refractivity contribution is 5.86. The number of aromatic hydroxyl groups is 1. The Bertz CT molecular complexity index is 595. The molecule has 1 atom stereocenters. The SMILES string of the molecule is COC(=O)C(N)Cc1cn(C)c2ccc(O)cc12.Cl. The molecule has 0 amide bonds. The number of aromatic nitrogens is 1. The van der Waals surface area contributed by atoms with Gasteiger partial charge in [0.2, 0.25) is 0 Å². The monoisotopic (exact) mass is 284 g/mol. The fraction of sp³-hybridized carbons (Fsp3) is 0.308. The molecule has 3 N–H and O–H groups in total. The third kappa shape index (κ3) is 3.00. The normalized spacial score (nSPS) is 11.9. The van der Waals surface area contributed by atoms with Crippen LogP contribution in [-0.4, -0.2) is 28.8 Å². The molecule has 1 unspecified atom stereocenters. The number of carbonyl (C=O) groups excluding carboxylic acids is 1. The van der Waals surface area contributed by atoms with E-state index in [0.717, 1.165) is 16.5 Å². The molecule has 19 heavy (non-hydrogen) atoms. The van der Waals surface area contributed by atoms with E-state index >= 15 is 0 Å². The van der Waals surface area contributed by atoms with Crippen molar-refractivity contribution in [3.05, 3.63) is 30.0 Å². The Morgan fingerprint density at radius 1 is 1.53 bits per heavy atom. The van der Waals surface area contributed by atoms with Gasteiger partial charge in [-0.3, -0.25) is 4.79 Å². The van der Waals surface area contributed by atoms with Gasteiger partial charge in [-0.2, -0.15) is 0 Å². The van der Waals surface area contributed by atoms with E-state index in [1.54, 1.807) is 12.1 Å². The number of ether oxygens (including phenoxy) is 1. The van der Waals surface area contributed by atoms with Crippen LogP contribution in [-0.2, 0) is 23.0 Å². The fourth-order valence-electron chi connectivity index (χ4n) is 2.10. The number of nitrogens with two attached hydrogens (primary N) is 1. The van der Waals surface area contributed by atoms with Gasteiger partial charge in [0.25, 0.3) is 0 Å². The van der Waals surface area contributed by atoms with E-state index in [-0.39, 0.29) is 18.2 Å². The molecule has 0 aliphatic rings. The van der Waals surface area contributed by atoms with Gasteiger partial charge >= 0.3 is 5.97 Å². The molecule has 0 radical (unpaired) electrons. The number of phenolic OH excluding ortho intramolecular Hbond substituents is 1. The molecule has 2 rings (SSSR count). The second kappa shape index (κ2) is 5.95. The van der Waals surface area contributed by atoms with Crippen LogP contribution in [0.4, 0.5) is 0 Å². The van der Waals surface area contributed by atoms with E-state index in [9.17, 15) is 9.90 Å². The van der Waals surface area contributed by atoms with Gasteiger partial charge in [-0.1, -0.05) is 0 Å². The van der Waals surface area contributed by atoms with Crippen molar-refractivity contribution < 1.29 is 14.6 Å². The number of rotatable bonds is 3. The number of benzene rings is 1. The average molecular weight is 285 g/mol. The van der Waals surface area contributed by atoms with Crippen molar-refractivity contribution in [2.24, 2.45) is 12.8 Å². The van der Waals surface area contributed by atoms with Gasteiger partial charge in [-0.05, 0) is 23.8 Å². The smallest absolute Gasteiger partial charge is 0.322 e. The molecule has 5 nitrogen and oxygen atoms in total. The summed E-state index contributed by atoms with van der Waals surface area (Å²) >= 11 is 0. The molecule has 0 fully saturated rings. The summed E-state index contributed by atoms with van der Waals surface area (Å²) in [6, 6.07) is 4.45. The molecule has 1 heterocycles. The molecule has 0 aliphatic carbocycles. The number of methoxy groups -OCH3 is 1. The summed E-state index contributed by atoms with van der Waals surface area (Å²) in [7, 11) is 3.23. The van der Waals surface area contributed by atoms with E-state index in [2.05, 4.69) is 4.74 Å². The zero-order valence-electron chi connectivity index (χ0n) is 10.8. The van der Waals surface area contributed by atoms with E-state index in [1.165, 1.54) is 7.11 Å². The van der Waals surface area contributed by atoms with Gasteiger partial charge in [0.15, 0.2) is 0 Å². The first-order valence-corrected chi connectivity index (χ1v) is 5.63. The average Bonchev–Trinajstić information content (AvgIpc) is 2.64. The van der Waals surface area contributed by atoms with Gasteiger partial charge in [0.1, 0.15) is 11.8 Å². The third-order valence-electron chi connectivity index (χ3n) is 3.00. The molecule has 6 heteroatoms. The Morgan fingerprint density at radius 3 is 2.84 bits per heavy atom. The minimum Gasteiger partial charge on any atom is -0.508 e. The first-order valence-electron chi connectivity index (χ1n) is 5.63. The zero-order valence-corrected chi connectivity index (χ0v) is 11.6. The maximum atomic E-state index is 11.3. The number of hydrogen-bond acceptors (Lipinski definition) is 4. The minimum absolute atomic E-state index is 0. The van der Waals surface area contributed by atoms with Crippen LogP contribution in [0.25, 0.3) is 10.9 Å². The molecule has 1 aromatic heterocycles. The Morgan fingerprint density at radius 2 is 2.21 bits per heavy atom. The van der Waals surface area contributed by atoms with Gasteiger partial charge in [0.05, 0.1) is 7.11 Å². The van der Waals surface area contributed by atoms with Gasteiger partial charge < -0.3 is 20.1 Å². The van der Waals surface area contributed by atoms with Crippen molar-refractivity contribution in [3.63, 3.8) is 0 Å². The number of fused-ring (bicyclic) bond motifs is 1. The predicted molar refractivity (Wildman–Crippen MR) is 75.5 cm³/mol. The highest BCUT2D eigenvalue weighted by atomic mass is 35.5. The number of aryl methyl sites for hydroxylation is 1. The van der Waals surface area contributed by atoms with E-state index in [4.69, 9.17) is 5.73 Å². The molecule has 1 aromatic carbocycles. The number of esters is 1. The number of nitrogens with zero attached hydrogens (tertiary/aromatic N) is 1. The van der Waals surface area contributed by atoms with E-state index in [1.807, 2.05) is 23.9 Å². The highest BCUT2D eigenvalue weighted by Crippen LogP contribution is 2.25. The Hall–Kier alpha value is -1.72. The fourth-order valence-corrected chi connectivity index (χ4v) is 2.10. The van der Waals surface area contributed by atoms with Crippen molar-refractivity contribution in [2.45, 2.75) is 12.5 Å². The van der Waals surface area contributed by atoms with Crippen molar-refractivity contribution in [1.82, 2.24) is 4.57 Å². The van der Waals surface area contributed by atoms with Crippen LogP contribution in [0.3, 0.4) is 0 Å². The first kappa shape index (κ1) is 15.3. The summed E-state index contributed by atoms with van der Waals surface area (Å²) in [6.45, 7) is 0. The minimum atomic E-state index is -0.692. The highest BCUT2D eigenvalue weighted by Gasteiger charge is 2.17. The second-order valence-corrected chi connectivity index (χ2v) is 4.30. The number of hydrogen-bond donors (Lipinski definition) is 2. The maximum Gasteiger partial charge on any atom is 0.322 e. The molecule has 0 saturated heterocycles. The summed E-state index contributed by atoms with van der Waals surface area (Å²) < 4.78 is 6.55. The molecular formula is C13H17ClN2O3. The molecule has 2 aromatic rings. The Labute approximate surface area is 117 Å². The first-order chi connectivity index (χ1) is 8.52. The lowest BCUT2D eigenvalue weighted by Crippen LogP contribution is -2.33.